The molecule has 142 valence electrons. The summed E-state index contributed by atoms with van der Waals surface area (Å²) < 4.78 is 15.3. The number of carbonyl (C=O) groups excluding carboxylic acids is 2. The van der Waals surface area contributed by atoms with Gasteiger partial charge in [0.2, 0.25) is 0 Å². The van der Waals surface area contributed by atoms with E-state index in [0.717, 1.165) is 0 Å². The summed E-state index contributed by atoms with van der Waals surface area (Å²) in [5.74, 6) is -0.314. The van der Waals surface area contributed by atoms with Crippen LogP contribution in [0, 0.1) is 0 Å². The second-order valence-corrected chi connectivity index (χ2v) is 5.35. The van der Waals surface area contributed by atoms with Crippen molar-refractivity contribution in [2.75, 3.05) is 25.6 Å². The van der Waals surface area contributed by atoms with Gasteiger partial charge in [-0.05, 0) is 42.8 Å². The van der Waals surface area contributed by atoms with Gasteiger partial charge in [0.05, 0.1) is 19.4 Å². The fraction of sp³-hybridized carbons (Fsp3) is 0.200. The van der Waals surface area contributed by atoms with Crippen LogP contribution in [0.2, 0.25) is 0 Å². The highest BCUT2D eigenvalue weighted by Crippen LogP contribution is 2.26. The molecular formula is C20H21NO6. The van der Waals surface area contributed by atoms with Gasteiger partial charge in [-0.15, -0.1) is 0 Å². The first kappa shape index (κ1) is 19.8. The molecule has 0 bridgehead atoms. The number of para-hydroxylation sites is 2. The smallest absolute Gasteiger partial charge is 0.331 e. The van der Waals surface area contributed by atoms with Crippen molar-refractivity contribution in [3.05, 3.63) is 54.1 Å². The van der Waals surface area contributed by atoms with Gasteiger partial charge in [0.1, 0.15) is 5.75 Å². The molecule has 0 radical (unpaired) electrons. The van der Waals surface area contributed by atoms with Crippen LogP contribution in [0.1, 0.15) is 12.5 Å². The Bertz CT molecular complexity index is 831. The molecule has 0 aliphatic rings. The van der Waals surface area contributed by atoms with Gasteiger partial charge in [0.25, 0.3) is 5.91 Å². The Morgan fingerprint density at radius 2 is 1.93 bits per heavy atom. The SMILES string of the molecule is CCOc1ccccc1NC(=O)COC(=O)/C=C/c1ccc(O)c(OC)c1. The lowest BCUT2D eigenvalue weighted by atomic mass is 10.2. The molecule has 2 rings (SSSR count). The minimum absolute atomic E-state index is 0.00114. The topological polar surface area (TPSA) is 94.1 Å². The normalized spacial score (nSPS) is 10.4. The Labute approximate surface area is 157 Å². The van der Waals surface area contributed by atoms with E-state index in [0.29, 0.717) is 23.6 Å². The lowest BCUT2D eigenvalue weighted by molar-refractivity contribution is -0.142. The van der Waals surface area contributed by atoms with Gasteiger partial charge in [-0.25, -0.2) is 4.79 Å². The molecule has 7 heteroatoms. The largest absolute Gasteiger partial charge is 0.504 e. The number of esters is 1. The highest BCUT2D eigenvalue weighted by Gasteiger charge is 2.09. The van der Waals surface area contributed by atoms with E-state index in [1.54, 1.807) is 36.4 Å². The maximum absolute atomic E-state index is 12.0. The Hall–Kier alpha value is -3.48. The number of amides is 1. The summed E-state index contributed by atoms with van der Waals surface area (Å²) in [6, 6.07) is 11.6. The second kappa shape index (κ2) is 9.86. The van der Waals surface area contributed by atoms with Crippen LogP contribution < -0.4 is 14.8 Å². The van der Waals surface area contributed by atoms with Gasteiger partial charge >= 0.3 is 5.97 Å². The first-order valence-corrected chi connectivity index (χ1v) is 8.27. The summed E-state index contributed by atoms with van der Waals surface area (Å²) in [5, 5.41) is 12.2. The minimum Gasteiger partial charge on any atom is -0.504 e. The van der Waals surface area contributed by atoms with Crippen molar-refractivity contribution in [3.63, 3.8) is 0 Å². The van der Waals surface area contributed by atoms with E-state index in [2.05, 4.69) is 5.32 Å². The van der Waals surface area contributed by atoms with Gasteiger partial charge in [-0.2, -0.15) is 0 Å². The maximum atomic E-state index is 12.0. The molecule has 0 aromatic heterocycles. The van der Waals surface area contributed by atoms with Crippen LogP contribution in [0.4, 0.5) is 5.69 Å². The quantitative estimate of drug-likeness (QED) is 0.547. The van der Waals surface area contributed by atoms with E-state index in [-0.39, 0.29) is 11.5 Å². The number of hydrogen-bond donors (Lipinski definition) is 2. The third kappa shape index (κ3) is 6.07. The number of rotatable bonds is 8. The van der Waals surface area contributed by atoms with Gasteiger partial charge in [-0.3, -0.25) is 4.79 Å². The van der Waals surface area contributed by atoms with Crippen molar-refractivity contribution in [1.82, 2.24) is 0 Å². The lowest BCUT2D eigenvalue weighted by Gasteiger charge is -2.11. The van der Waals surface area contributed by atoms with Gasteiger partial charge in [0.15, 0.2) is 18.1 Å². The van der Waals surface area contributed by atoms with Crippen LogP contribution >= 0.6 is 0 Å². The van der Waals surface area contributed by atoms with Crippen LogP contribution in [0.25, 0.3) is 6.08 Å². The number of hydrogen-bond acceptors (Lipinski definition) is 6. The summed E-state index contributed by atoms with van der Waals surface area (Å²) in [6.07, 6.45) is 2.68. The molecule has 2 aromatic rings. The average Bonchev–Trinajstić information content (AvgIpc) is 2.67. The fourth-order valence-corrected chi connectivity index (χ4v) is 2.18. The van der Waals surface area contributed by atoms with E-state index in [9.17, 15) is 14.7 Å². The van der Waals surface area contributed by atoms with E-state index in [1.807, 2.05) is 6.92 Å². The highest BCUT2D eigenvalue weighted by molar-refractivity contribution is 5.95. The van der Waals surface area contributed by atoms with Crippen LogP contribution in [0.3, 0.4) is 0 Å². The molecule has 0 fully saturated rings. The zero-order valence-electron chi connectivity index (χ0n) is 15.1. The fourth-order valence-electron chi connectivity index (χ4n) is 2.18. The molecule has 0 unspecified atom stereocenters. The monoisotopic (exact) mass is 371 g/mol. The van der Waals surface area contributed by atoms with Gasteiger partial charge in [-0.1, -0.05) is 18.2 Å². The Balaban J connectivity index is 1.87. The number of phenols is 1. The molecule has 0 spiro atoms. The van der Waals surface area contributed by atoms with Crippen molar-refractivity contribution >= 4 is 23.6 Å². The van der Waals surface area contributed by atoms with E-state index in [4.69, 9.17) is 14.2 Å². The number of ether oxygens (including phenoxy) is 3. The molecule has 2 aromatic carbocycles. The molecule has 0 aliphatic carbocycles. The summed E-state index contributed by atoms with van der Waals surface area (Å²) in [7, 11) is 1.43. The number of methoxy groups -OCH3 is 1. The number of nitrogens with one attached hydrogen (secondary N) is 1. The predicted octanol–water partition coefficient (Wildman–Crippen LogP) is 2.99. The van der Waals surface area contributed by atoms with Crippen molar-refractivity contribution in [2.24, 2.45) is 0 Å². The van der Waals surface area contributed by atoms with Gasteiger partial charge < -0.3 is 24.6 Å². The first-order valence-electron chi connectivity index (χ1n) is 8.27. The van der Waals surface area contributed by atoms with Crippen LogP contribution in [0.15, 0.2) is 48.5 Å². The van der Waals surface area contributed by atoms with Crippen molar-refractivity contribution < 1.29 is 28.9 Å². The molecule has 1 amide bonds. The highest BCUT2D eigenvalue weighted by atomic mass is 16.5. The first-order chi connectivity index (χ1) is 13.0. The summed E-state index contributed by atoms with van der Waals surface area (Å²) >= 11 is 0. The predicted molar refractivity (Wildman–Crippen MR) is 101 cm³/mol. The van der Waals surface area contributed by atoms with Gasteiger partial charge in [0, 0.05) is 6.08 Å². The molecule has 2 N–H and O–H groups in total. The molecule has 0 heterocycles. The maximum Gasteiger partial charge on any atom is 0.331 e. The second-order valence-electron chi connectivity index (χ2n) is 5.35. The molecule has 0 atom stereocenters. The summed E-state index contributed by atoms with van der Waals surface area (Å²) in [5.41, 5.74) is 1.14. The zero-order valence-corrected chi connectivity index (χ0v) is 15.1. The molecule has 0 saturated carbocycles. The van der Waals surface area contributed by atoms with E-state index in [1.165, 1.54) is 25.3 Å². The number of anilines is 1. The number of carbonyl (C=O) groups is 2. The van der Waals surface area contributed by atoms with Crippen molar-refractivity contribution in [1.29, 1.82) is 0 Å². The number of benzene rings is 2. The Morgan fingerprint density at radius 1 is 1.15 bits per heavy atom. The van der Waals surface area contributed by atoms with E-state index < -0.39 is 18.5 Å². The zero-order chi connectivity index (χ0) is 19.6. The third-order valence-corrected chi connectivity index (χ3v) is 3.42. The molecule has 0 aliphatic heterocycles. The van der Waals surface area contributed by atoms with Crippen molar-refractivity contribution in [3.8, 4) is 17.2 Å². The summed E-state index contributed by atoms with van der Waals surface area (Å²) in [4.78, 5) is 23.7. The lowest BCUT2D eigenvalue weighted by Crippen LogP contribution is -2.20. The Morgan fingerprint density at radius 3 is 2.67 bits per heavy atom. The van der Waals surface area contributed by atoms with Crippen LogP contribution in [-0.2, 0) is 14.3 Å². The van der Waals surface area contributed by atoms with Crippen molar-refractivity contribution in [2.45, 2.75) is 6.92 Å². The average molecular weight is 371 g/mol. The van der Waals surface area contributed by atoms with Crippen LogP contribution in [0.5, 0.6) is 17.2 Å². The molecule has 27 heavy (non-hydrogen) atoms. The van der Waals surface area contributed by atoms with Crippen LogP contribution in [-0.4, -0.2) is 37.3 Å². The standard InChI is InChI=1S/C20H21NO6/c1-3-26-17-7-5-4-6-15(17)21-19(23)13-27-20(24)11-9-14-8-10-16(22)18(12-14)25-2/h4-12,22H,3,13H2,1-2H3,(H,21,23)/b11-9+. The van der Waals surface area contributed by atoms with E-state index >= 15 is 0 Å². The number of phenolic OH excluding ortho intramolecular Hbond substituents is 1. The summed E-state index contributed by atoms with van der Waals surface area (Å²) in [6.45, 7) is 1.88. The number of aromatic hydroxyl groups is 1. The third-order valence-electron chi connectivity index (χ3n) is 3.42. The molecule has 0 saturated heterocycles. The Kier molecular flexibility index (Phi) is 7.25. The minimum atomic E-state index is -0.671. The molecule has 7 nitrogen and oxygen atoms in total. The molecular weight excluding hydrogens is 350 g/mol.